The normalized spacial score (nSPS) is 25.4. The molecule has 1 aliphatic heterocycles. The first-order chi connectivity index (χ1) is 8.85. The lowest BCUT2D eigenvalue weighted by molar-refractivity contribution is 0.0774. The van der Waals surface area contributed by atoms with E-state index in [0.717, 1.165) is 26.0 Å². The molecule has 0 saturated carbocycles. The molecule has 2 heterocycles. The number of nitrogens with one attached hydrogen (secondary N) is 1. The number of thiazole rings is 1. The van der Waals surface area contributed by atoms with Crippen molar-refractivity contribution in [1.29, 1.82) is 0 Å². The molecule has 102 valence electrons. The lowest BCUT2D eigenvalue weighted by Crippen LogP contribution is -2.41. The highest BCUT2D eigenvalue weighted by molar-refractivity contribution is 7.09. The van der Waals surface area contributed by atoms with Gasteiger partial charge in [-0.2, -0.15) is 0 Å². The third-order valence-electron chi connectivity index (χ3n) is 3.71. The Balaban J connectivity index is 1.99. The van der Waals surface area contributed by atoms with Gasteiger partial charge in [-0.3, -0.25) is 0 Å². The van der Waals surface area contributed by atoms with E-state index >= 15 is 0 Å². The molecule has 1 fully saturated rings. The van der Waals surface area contributed by atoms with E-state index in [-0.39, 0.29) is 0 Å². The third kappa shape index (κ3) is 3.53. The second-order valence-electron chi connectivity index (χ2n) is 4.96. The van der Waals surface area contributed by atoms with Crippen LogP contribution in [0.25, 0.3) is 0 Å². The first-order valence-corrected chi connectivity index (χ1v) is 7.96. The van der Waals surface area contributed by atoms with Gasteiger partial charge in [0.25, 0.3) is 0 Å². The molecule has 1 N–H and O–H groups in total. The second-order valence-corrected chi connectivity index (χ2v) is 5.94. The standard InChI is InChI=1S/C14H24N2OS/c1-3-6-15-12(10-14-16-7-9-18-14)11-5-8-17-13(11)4-2/h7,9,11-13,15H,3-6,8,10H2,1-2H3. The van der Waals surface area contributed by atoms with E-state index in [0.29, 0.717) is 18.1 Å². The Morgan fingerprint density at radius 2 is 2.44 bits per heavy atom. The van der Waals surface area contributed by atoms with Gasteiger partial charge in [0.05, 0.1) is 11.1 Å². The summed E-state index contributed by atoms with van der Waals surface area (Å²) in [6, 6.07) is 0.517. The Labute approximate surface area is 114 Å². The van der Waals surface area contributed by atoms with Crippen molar-refractivity contribution < 1.29 is 4.74 Å². The van der Waals surface area contributed by atoms with Crippen LogP contribution in [0.3, 0.4) is 0 Å². The SMILES string of the molecule is CCCNC(Cc1nccs1)C1CCOC1CC. The van der Waals surface area contributed by atoms with E-state index in [2.05, 4.69) is 29.5 Å². The van der Waals surface area contributed by atoms with E-state index in [1.807, 2.05) is 6.20 Å². The topological polar surface area (TPSA) is 34.2 Å². The number of nitrogens with zero attached hydrogens (tertiary/aromatic N) is 1. The Kier molecular flexibility index (Phi) is 5.60. The van der Waals surface area contributed by atoms with Crippen LogP contribution in [-0.2, 0) is 11.2 Å². The van der Waals surface area contributed by atoms with Gasteiger partial charge < -0.3 is 10.1 Å². The Hall–Kier alpha value is -0.450. The maximum Gasteiger partial charge on any atom is 0.0940 e. The fourth-order valence-corrected chi connectivity index (χ4v) is 3.47. The Morgan fingerprint density at radius 3 is 3.11 bits per heavy atom. The molecule has 1 aromatic rings. The van der Waals surface area contributed by atoms with E-state index < -0.39 is 0 Å². The molecule has 3 unspecified atom stereocenters. The first-order valence-electron chi connectivity index (χ1n) is 7.08. The van der Waals surface area contributed by atoms with Crippen LogP contribution in [0.5, 0.6) is 0 Å². The monoisotopic (exact) mass is 268 g/mol. The highest BCUT2D eigenvalue weighted by Crippen LogP contribution is 2.28. The highest BCUT2D eigenvalue weighted by Gasteiger charge is 2.33. The zero-order valence-electron chi connectivity index (χ0n) is 11.4. The van der Waals surface area contributed by atoms with Gasteiger partial charge in [0.15, 0.2) is 0 Å². The predicted molar refractivity (Wildman–Crippen MR) is 76.0 cm³/mol. The minimum absolute atomic E-state index is 0.430. The average molecular weight is 268 g/mol. The van der Waals surface area contributed by atoms with Crippen LogP contribution in [0, 0.1) is 5.92 Å². The quantitative estimate of drug-likeness (QED) is 0.825. The van der Waals surface area contributed by atoms with Crippen molar-refractivity contribution in [2.24, 2.45) is 5.92 Å². The minimum Gasteiger partial charge on any atom is -0.378 e. The van der Waals surface area contributed by atoms with Crippen LogP contribution in [0.1, 0.15) is 38.1 Å². The second kappa shape index (κ2) is 7.22. The summed E-state index contributed by atoms with van der Waals surface area (Å²) in [5, 5.41) is 7.01. The predicted octanol–water partition coefficient (Wildman–Crippen LogP) is 2.87. The third-order valence-corrected chi connectivity index (χ3v) is 4.52. The zero-order chi connectivity index (χ0) is 12.8. The summed E-state index contributed by atoms with van der Waals surface area (Å²) in [5.41, 5.74) is 0. The van der Waals surface area contributed by atoms with Crippen LogP contribution in [0.4, 0.5) is 0 Å². The van der Waals surface area contributed by atoms with Crippen molar-refractivity contribution >= 4 is 11.3 Å². The summed E-state index contributed by atoms with van der Waals surface area (Å²) in [4.78, 5) is 4.42. The Bertz CT molecular complexity index is 329. The molecule has 0 aliphatic carbocycles. The highest BCUT2D eigenvalue weighted by atomic mass is 32.1. The number of hydrogen-bond donors (Lipinski definition) is 1. The van der Waals surface area contributed by atoms with Crippen LogP contribution in [0.2, 0.25) is 0 Å². The lowest BCUT2D eigenvalue weighted by Gasteiger charge is -2.27. The molecule has 4 heteroatoms. The molecular formula is C14H24N2OS. The van der Waals surface area contributed by atoms with Crippen molar-refractivity contribution in [3.63, 3.8) is 0 Å². The summed E-state index contributed by atoms with van der Waals surface area (Å²) in [7, 11) is 0. The van der Waals surface area contributed by atoms with E-state index in [1.54, 1.807) is 11.3 Å². The van der Waals surface area contributed by atoms with Gasteiger partial charge in [-0.05, 0) is 25.8 Å². The molecule has 1 aromatic heterocycles. The molecule has 0 amide bonds. The fraction of sp³-hybridized carbons (Fsp3) is 0.786. The van der Waals surface area contributed by atoms with Gasteiger partial charge >= 0.3 is 0 Å². The number of aromatic nitrogens is 1. The maximum absolute atomic E-state index is 5.84. The van der Waals surface area contributed by atoms with Gasteiger partial charge in [-0.25, -0.2) is 4.98 Å². The molecule has 3 atom stereocenters. The molecule has 1 aliphatic rings. The fourth-order valence-electron chi connectivity index (χ4n) is 2.79. The largest absolute Gasteiger partial charge is 0.378 e. The maximum atomic E-state index is 5.84. The van der Waals surface area contributed by atoms with Crippen molar-refractivity contribution in [2.75, 3.05) is 13.2 Å². The summed E-state index contributed by atoms with van der Waals surface area (Å²) in [5.74, 6) is 0.644. The molecular weight excluding hydrogens is 244 g/mol. The number of hydrogen-bond acceptors (Lipinski definition) is 4. The average Bonchev–Trinajstić information content (AvgIpc) is 3.04. The molecule has 18 heavy (non-hydrogen) atoms. The van der Waals surface area contributed by atoms with E-state index in [9.17, 15) is 0 Å². The van der Waals surface area contributed by atoms with Crippen molar-refractivity contribution in [3.8, 4) is 0 Å². The minimum atomic E-state index is 0.430. The number of ether oxygens (including phenoxy) is 1. The van der Waals surface area contributed by atoms with Gasteiger partial charge in [0.1, 0.15) is 0 Å². The molecule has 0 bridgehead atoms. The van der Waals surface area contributed by atoms with Crippen LogP contribution < -0.4 is 5.32 Å². The van der Waals surface area contributed by atoms with E-state index in [1.165, 1.54) is 17.8 Å². The van der Waals surface area contributed by atoms with Crippen LogP contribution >= 0.6 is 11.3 Å². The summed E-state index contributed by atoms with van der Waals surface area (Å²) < 4.78 is 5.84. The number of rotatable bonds is 7. The van der Waals surface area contributed by atoms with Gasteiger partial charge in [0, 0.05) is 36.6 Å². The summed E-state index contributed by atoms with van der Waals surface area (Å²) in [6.07, 6.45) is 6.86. The van der Waals surface area contributed by atoms with Gasteiger partial charge in [-0.15, -0.1) is 11.3 Å². The Morgan fingerprint density at radius 1 is 1.56 bits per heavy atom. The molecule has 3 nitrogen and oxygen atoms in total. The molecule has 2 rings (SSSR count). The molecule has 1 saturated heterocycles. The zero-order valence-corrected chi connectivity index (χ0v) is 12.2. The van der Waals surface area contributed by atoms with Crippen molar-refractivity contribution in [2.45, 2.75) is 51.7 Å². The van der Waals surface area contributed by atoms with E-state index in [4.69, 9.17) is 4.74 Å². The van der Waals surface area contributed by atoms with Crippen LogP contribution in [-0.4, -0.2) is 30.3 Å². The summed E-state index contributed by atoms with van der Waals surface area (Å²) >= 11 is 1.76. The smallest absolute Gasteiger partial charge is 0.0940 e. The van der Waals surface area contributed by atoms with Crippen molar-refractivity contribution in [1.82, 2.24) is 10.3 Å². The van der Waals surface area contributed by atoms with Gasteiger partial charge in [0.2, 0.25) is 0 Å². The van der Waals surface area contributed by atoms with Crippen molar-refractivity contribution in [3.05, 3.63) is 16.6 Å². The van der Waals surface area contributed by atoms with Crippen LogP contribution in [0.15, 0.2) is 11.6 Å². The summed E-state index contributed by atoms with van der Waals surface area (Å²) in [6.45, 7) is 6.45. The molecule has 0 aromatic carbocycles. The lowest BCUT2D eigenvalue weighted by atomic mass is 9.89. The van der Waals surface area contributed by atoms with Gasteiger partial charge in [-0.1, -0.05) is 13.8 Å². The first kappa shape index (κ1) is 14.0. The molecule has 0 radical (unpaired) electrons. The molecule has 0 spiro atoms.